The number of nitrogens with zero attached hydrogens (tertiary/aromatic N) is 2. The number of nitriles is 1. The minimum atomic E-state index is -0.954. The summed E-state index contributed by atoms with van der Waals surface area (Å²) in [4.78, 5) is 21.9. The summed E-state index contributed by atoms with van der Waals surface area (Å²) < 4.78 is 34.3. The van der Waals surface area contributed by atoms with E-state index in [1.165, 1.54) is 19.2 Å². The molecule has 32 heavy (non-hydrogen) atoms. The zero-order valence-electron chi connectivity index (χ0n) is 17.1. The van der Waals surface area contributed by atoms with E-state index in [0.717, 1.165) is 12.1 Å². The predicted molar refractivity (Wildman–Crippen MR) is 111 cm³/mol. The number of anilines is 1. The Balaban J connectivity index is 1.81. The third-order valence-corrected chi connectivity index (χ3v) is 4.74. The number of amidine groups is 1. The Bertz CT molecular complexity index is 1020. The van der Waals surface area contributed by atoms with Gasteiger partial charge in [0.25, 0.3) is 0 Å². The summed E-state index contributed by atoms with van der Waals surface area (Å²) in [6.07, 6.45) is 0. The maximum Gasteiger partial charge on any atom is 0.319 e. The Hall–Kier alpha value is -3.75. The molecule has 0 bridgehead atoms. The van der Waals surface area contributed by atoms with Crippen LogP contribution in [0.25, 0.3) is 0 Å². The van der Waals surface area contributed by atoms with Gasteiger partial charge in [-0.25, -0.2) is 13.6 Å². The Morgan fingerprint density at radius 2 is 1.97 bits per heavy atom. The number of ether oxygens (including phenoxy) is 1. The van der Waals surface area contributed by atoms with E-state index in [9.17, 15) is 13.6 Å². The first-order valence-corrected chi connectivity index (χ1v) is 9.60. The van der Waals surface area contributed by atoms with Crippen LogP contribution >= 0.6 is 0 Å². The maximum atomic E-state index is 14.7. The lowest BCUT2D eigenvalue weighted by molar-refractivity contribution is 0.0517. The average Bonchev–Trinajstić information content (AvgIpc) is 3.15. The van der Waals surface area contributed by atoms with Gasteiger partial charge in [0.1, 0.15) is 23.2 Å². The fourth-order valence-corrected chi connectivity index (χ4v) is 3.25. The summed E-state index contributed by atoms with van der Waals surface area (Å²) in [5.41, 5.74) is 3.11. The van der Waals surface area contributed by atoms with Crippen LogP contribution in [0.4, 0.5) is 19.3 Å². The van der Waals surface area contributed by atoms with Crippen molar-refractivity contribution in [3.8, 4) is 11.8 Å². The Labute approximate surface area is 182 Å². The molecule has 2 aromatic rings. The number of methoxy groups -OCH3 is 1. The molecule has 2 amide bonds. The number of carbonyl (C=O) groups is 1. The molecule has 9 nitrogen and oxygen atoms in total. The van der Waals surface area contributed by atoms with Crippen molar-refractivity contribution in [2.24, 2.45) is 4.99 Å². The van der Waals surface area contributed by atoms with Gasteiger partial charge in [0.2, 0.25) is 0 Å². The third kappa shape index (κ3) is 5.29. The number of hydrogen-bond acceptors (Lipinski definition) is 7. The molecule has 0 saturated carbocycles. The molecule has 1 heterocycles. The maximum absolute atomic E-state index is 14.7. The molecule has 2 atom stereocenters. The number of nitrogens with one attached hydrogen (secondary N) is 3. The van der Waals surface area contributed by atoms with Gasteiger partial charge >= 0.3 is 6.03 Å². The lowest BCUT2D eigenvalue weighted by atomic mass is 9.92. The minimum absolute atomic E-state index is 0.0210. The molecule has 1 aliphatic rings. The number of carbonyl (C=O) groups excluding carboxylic acids is 1. The molecule has 0 aliphatic carbocycles. The van der Waals surface area contributed by atoms with Crippen molar-refractivity contribution >= 4 is 17.6 Å². The molecule has 0 saturated heterocycles. The van der Waals surface area contributed by atoms with Crippen LogP contribution in [0, 0.1) is 23.0 Å². The van der Waals surface area contributed by atoms with E-state index in [0.29, 0.717) is 11.3 Å². The van der Waals surface area contributed by atoms with Gasteiger partial charge in [-0.3, -0.25) is 15.3 Å². The predicted octanol–water partition coefficient (Wildman–Crippen LogP) is 2.04. The van der Waals surface area contributed by atoms with Crippen molar-refractivity contribution in [3.05, 3.63) is 59.2 Å². The zero-order chi connectivity index (χ0) is 23.1. The van der Waals surface area contributed by atoms with E-state index in [1.54, 1.807) is 12.1 Å². The van der Waals surface area contributed by atoms with Crippen LogP contribution in [0.1, 0.15) is 17.0 Å². The van der Waals surface area contributed by atoms with Crippen molar-refractivity contribution in [2.75, 3.05) is 32.2 Å². The van der Waals surface area contributed by atoms with Gasteiger partial charge in [-0.15, -0.1) is 0 Å². The fraction of sp³-hybridized carbons (Fsp3) is 0.286. The van der Waals surface area contributed by atoms with Gasteiger partial charge in [-0.2, -0.15) is 5.26 Å². The molecule has 1 aliphatic heterocycles. The molecule has 0 fully saturated rings. The van der Waals surface area contributed by atoms with Gasteiger partial charge in [0.15, 0.2) is 0 Å². The number of benzene rings is 2. The summed E-state index contributed by atoms with van der Waals surface area (Å²) in [5.74, 6) is -2.37. The lowest BCUT2D eigenvalue weighted by Gasteiger charge is -2.24. The highest BCUT2D eigenvalue weighted by Crippen LogP contribution is 2.32. The van der Waals surface area contributed by atoms with E-state index in [2.05, 4.69) is 21.1 Å². The summed E-state index contributed by atoms with van der Waals surface area (Å²) in [7, 11) is 1.30. The number of amides is 2. The molecule has 0 spiro atoms. The van der Waals surface area contributed by atoms with E-state index < -0.39 is 29.6 Å². The Morgan fingerprint density at radius 1 is 1.28 bits per heavy atom. The summed E-state index contributed by atoms with van der Waals surface area (Å²) in [6.45, 7) is -0.339. The molecule has 0 aromatic heterocycles. The van der Waals surface area contributed by atoms with Gasteiger partial charge in [0, 0.05) is 29.3 Å². The lowest BCUT2D eigenvalue weighted by Crippen LogP contribution is -2.49. The number of rotatable bonds is 7. The first-order valence-electron chi connectivity index (χ1n) is 9.60. The number of aliphatic hydroxyl groups is 1. The Kier molecular flexibility index (Phi) is 7.54. The number of halogens is 2. The summed E-state index contributed by atoms with van der Waals surface area (Å²) >= 11 is 0. The third-order valence-electron chi connectivity index (χ3n) is 4.74. The van der Waals surface area contributed by atoms with E-state index in [4.69, 9.17) is 19.9 Å². The second-order valence-electron chi connectivity index (χ2n) is 6.78. The van der Waals surface area contributed by atoms with Crippen LogP contribution in [0.3, 0.4) is 0 Å². The summed E-state index contributed by atoms with van der Waals surface area (Å²) in [5, 5.41) is 23.0. The van der Waals surface area contributed by atoms with Crippen LogP contribution in [-0.4, -0.2) is 49.9 Å². The van der Waals surface area contributed by atoms with Gasteiger partial charge in [-0.1, -0.05) is 0 Å². The van der Waals surface area contributed by atoms with Crippen LogP contribution in [0.2, 0.25) is 0 Å². The fourth-order valence-electron chi connectivity index (χ4n) is 3.25. The van der Waals surface area contributed by atoms with Crippen molar-refractivity contribution in [2.45, 2.75) is 12.0 Å². The number of aliphatic imine (C=N–C) groups is 1. The number of aliphatic hydroxyl groups excluding tert-OH is 1. The monoisotopic (exact) mass is 445 g/mol. The highest BCUT2D eigenvalue weighted by atomic mass is 19.1. The topological polar surface area (TPSA) is 128 Å². The van der Waals surface area contributed by atoms with E-state index in [1.807, 2.05) is 6.07 Å². The Morgan fingerprint density at radius 3 is 2.56 bits per heavy atom. The van der Waals surface area contributed by atoms with Crippen LogP contribution in [0.15, 0.2) is 41.4 Å². The van der Waals surface area contributed by atoms with Gasteiger partial charge in [-0.05, 0) is 24.3 Å². The zero-order valence-corrected chi connectivity index (χ0v) is 17.1. The SMILES string of the molecule is COc1cc(F)c([C@@H]2CN=C(NOCCO)C2NC(=O)Nc2ccc(C#N)cc2)c(F)c1. The molecule has 4 N–H and O–H groups in total. The highest BCUT2D eigenvalue weighted by Gasteiger charge is 2.38. The molecular formula is C21H21F2N5O4. The average molecular weight is 445 g/mol. The molecule has 1 unspecified atom stereocenters. The standard InChI is InChI=1S/C21H21F2N5O4/c1-31-14-8-16(22)18(17(23)9-14)15-11-25-20(28-32-7-6-29)19(15)27-21(30)26-13-4-2-12(10-24)3-5-13/h2-5,8-9,15,19,29H,6-7,11H2,1H3,(H,25,28)(H2,26,27,30)/t15-,19?/m0/s1. The second kappa shape index (κ2) is 10.5. The highest BCUT2D eigenvalue weighted by molar-refractivity contribution is 5.97. The molecule has 3 rings (SSSR count). The second-order valence-corrected chi connectivity index (χ2v) is 6.78. The first-order chi connectivity index (χ1) is 15.5. The number of hydrogen-bond donors (Lipinski definition) is 4. The smallest absolute Gasteiger partial charge is 0.319 e. The first kappa shape index (κ1) is 22.9. The van der Waals surface area contributed by atoms with Crippen LogP contribution in [0.5, 0.6) is 5.75 Å². The minimum Gasteiger partial charge on any atom is -0.497 e. The van der Waals surface area contributed by atoms with E-state index in [-0.39, 0.29) is 36.9 Å². The molecule has 2 aromatic carbocycles. The van der Waals surface area contributed by atoms with Crippen LogP contribution in [-0.2, 0) is 4.84 Å². The molecule has 11 heteroatoms. The normalized spacial score (nSPS) is 17.3. The van der Waals surface area contributed by atoms with Crippen molar-refractivity contribution in [1.29, 1.82) is 5.26 Å². The number of urea groups is 1. The summed E-state index contributed by atoms with van der Waals surface area (Å²) in [6, 6.07) is 8.64. The van der Waals surface area contributed by atoms with E-state index >= 15 is 0 Å². The van der Waals surface area contributed by atoms with Crippen molar-refractivity contribution < 1.29 is 28.3 Å². The number of hydroxylamine groups is 1. The van der Waals surface area contributed by atoms with Gasteiger partial charge in [0.05, 0.1) is 44.5 Å². The van der Waals surface area contributed by atoms with Gasteiger partial charge < -0.3 is 20.5 Å². The quantitative estimate of drug-likeness (QED) is 0.382. The molecular weight excluding hydrogens is 424 g/mol. The molecule has 0 radical (unpaired) electrons. The van der Waals surface area contributed by atoms with Crippen LogP contribution < -0.4 is 20.9 Å². The molecule has 168 valence electrons. The van der Waals surface area contributed by atoms with Crippen molar-refractivity contribution in [1.82, 2.24) is 10.8 Å². The van der Waals surface area contributed by atoms with Crippen molar-refractivity contribution in [3.63, 3.8) is 0 Å². The largest absolute Gasteiger partial charge is 0.497 e.